The number of anilines is 1. The monoisotopic (exact) mass is 281 g/mol. The third-order valence-electron chi connectivity index (χ3n) is 3.27. The van der Waals surface area contributed by atoms with Crippen LogP contribution >= 0.6 is 11.3 Å². The molecule has 4 nitrogen and oxygen atoms in total. The van der Waals surface area contributed by atoms with Gasteiger partial charge >= 0.3 is 0 Å². The number of nitrogens with one attached hydrogen (secondary N) is 1. The minimum Gasteiger partial charge on any atom is -0.354 e. The van der Waals surface area contributed by atoms with E-state index in [1.165, 1.54) is 6.42 Å². The zero-order chi connectivity index (χ0) is 13.9. The molecule has 2 rings (SSSR count). The summed E-state index contributed by atoms with van der Waals surface area (Å²) in [5.74, 6) is 0.151. The molecule has 0 unspecified atom stereocenters. The summed E-state index contributed by atoms with van der Waals surface area (Å²) in [4.78, 5) is 18.6. The SMILES string of the molecule is CC(C)(C)CC(=O)NC[C@H]1CCCN1c1nccs1. The first-order valence-electron chi connectivity index (χ1n) is 6.88. The molecule has 19 heavy (non-hydrogen) atoms. The number of thiazole rings is 1. The van der Waals surface area contributed by atoms with E-state index < -0.39 is 0 Å². The zero-order valence-electron chi connectivity index (χ0n) is 12.0. The topological polar surface area (TPSA) is 45.2 Å². The van der Waals surface area contributed by atoms with Crippen molar-refractivity contribution in [1.82, 2.24) is 10.3 Å². The van der Waals surface area contributed by atoms with Crippen LogP contribution in [0.3, 0.4) is 0 Å². The van der Waals surface area contributed by atoms with E-state index in [1.54, 1.807) is 11.3 Å². The molecule has 1 aliphatic heterocycles. The lowest BCUT2D eigenvalue weighted by atomic mass is 9.92. The van der Waals surface area contributed by atoms with Gasteiger partial charge in [0.05, 0.1) is 0 Å². The minimum atomic E-state index is 0.0504. The van der Waals surface area contributed by atoms with Crippen LogP contribution in [-0.2, 0) is 4.79 Å². The van der Waals surface area contributed by atoms with Gasteiger partial charge in [-0.3, -0.25) is 4.79 Å². The van der Waals surface area contributed by atoms with Crippen LogP contribution in [-0.4, -0.2) is 30.0 Å². The maximum atomic E-state index is 11.9. The molecular weight excluding hydrogens is 258 g/mol. The Kier molecular flexibility index (Phi) is 4.45. The summed E-state index contributed by atoms with van der Waals surface area (Å²) in [7, 11) is 0. The number of carbonyl (C=O) groups is 1. The van der Waals surface area contributed by atoms with Crippen LogP contribution in [0, 0.1) is 5.41 Å². The van der Waals surface area contributed by atoms with E-state index in [2.05, 4.69) is 36.0 Å². The summed E-state index contributed by atoms with van der Waals surface area (Å²) in [5.41, 5.74) is 0.0504. The van der Waals surface area contributed by atoms with Gasteiger partial charge in [-0.2, -0.15) is 0 Å². The predicted molar refractivity (Wildman–Crippen MR) is 79.6 cm³/mol. The molecule has 2 heterocycles. The molecule has 0 radical (unpaired) electrons. The van der Waals surface area contributed by atoms with Gasteiger partial charge in [0.1, 0.15) is 0 Å². The predicted octanol–water partition coefficient (Wildman–Crippen LogP) is 2.66. The molecule has 0 aliphatic carbocycles. The Morgan fingerprint density at radius 3 is 3.00 bits per heavy atom. The summed E-state index contributed by atoms with van der Waals surface area (Å²) >= 11 is 1.67. The van der Waals surface area contributed by atoms with E-state index in [-0.39, 0.29) is 11.3 Å². The molecule has 0 bridgehead atoms. The van der Waals surface area contributed by atoms with Crippen molar-refractivity contribution in [2.24, 2.45) is 5.41 Å². The third kappa shape index (κ3) is 4.20. The van der Waals surface area contributed by atoms with Crippen molar-refractivity contribution in [3.05, 3.63) is 11.6 Å². The van der Waals surface area contributed by atoms with Crippen LogP contribution in [0.1, 0.15) is 40.0 Å². The van der Waals surface area contributed by atoms with Crippen molar-refractivity contribution >= 4 is 22.4 Å². The van der Waals surface area contributed by atoms with Crippen molar-refractivity contribution < 1.29 is 4.79 Å². The fourth-order valence-corrected chi connectivity index (χ4v) is 3.17. The number of rotatable bonds is 4. The lowest BCUT2D eigenvalue weighted by molar-refractivity contribution is -0.122. The van der Waals surface area contributed by atoms with E-state index in [1.807, 2.05) is 11.6 Å². The first-order valence-corrected chi connectivity index (χ1v) is 7.76. The van der Waals surface area contributed by atoms with Gasteiger partial charge in [-0.05, 0) is 18.3 Å². The van der Waals surface area contributed by atoms with Gasteiger partial charge in [0.2, 0.25) is 5.91 Å². The molecule has 1 saturated heterocycles. The fourth-order valence-electron chi connectivity index (χ4n) is 2.43. The van der Waals surface area contributed by atoms with Gasteiger partial charge in [-0.15, -0.1) is 11.3 Å². The summed E-state index contributed by atoms with van der Waals surface area (Å²) in [6, 6.07) is 0.398. The van der Waals surface area contributed by atoms with E-state index in [9.17, 15) is 4.79 Å². The molecule has 0 saturated carbocycles. The average Bonchev–Trinajstić information content (AvgIpc) is 2.94. The Morgan fingerprint density at radius 2 is 2.37 bits per heavy atom. The van der Waals surface area contributed by atoms with Crippen LogP contribution in [0.25, 0.3) is 0 Å². The lowest BCUT2D eigenvalue weighted by Gasteiger charge is -2.25. The number of nitrogens with zero attached hydrogens (tertiary/aromatic N) is 2. The molecule has 106 valence electrons. The van der Waals surface area contributed by atoms with Gasteiger partial charge < -0.3 is 10.2 Å². The Morgan fingerprint density at radius 1 is 1.58 bits per heavy atom. The average molecular weight is 281 g/mol. The third-order valence-corrected chi connectivity index (χ3v) is 4.08. The molecule has 0 spiro atoms. The van der Waals surface area contributed by atoms with Gasteiger partial charge in [0, 0.05) is 37.1 Å². The van der Waals surface area contributed by atoms with E-state index in [0.29, 0.717) is 12.5 Å². The number of amides is 1. The second kappa shape index (κ2) is 5.90. The highest BCUT2D eigenvalue weighted by molar-refractivity contribution is 7.13. The zero-order valence-corrected chi connectivity index (χ0v) is 12.8. The highest BCUT2D eigenvalue weighted by Crippen LogP contribution is 2.26. The molecular formula is C14H23N3OS. The number of hydrogen-bond acceptors (Lipinski definition) is 4. The molecule has 1 aliphatic rings. The maximum absolute atomic E-state index is 11.9. The first-order chi connectivity index (χ1) is 8.96. The van der Waals surface area contributed by atoms with E-state index in [4.69, 9.17) is 0 Å². The highest BCUT2D eigenvalue weighted by atomic mass is 32.1. The molecule has 5 heteroatoms. The Hall–Kier alpha value is -1.10. The second-order valence-electron chi connectivity index (χ2n) is 6.35. The molecule has 1 atom stereocenters. The second-order valence-corrected chi connectivity index (χ2v) is 7.22. The number of hydrogen-bond donors (Lipinski definition) is 1. The van der Waals surface area contributed by atoms with Crippen molar-refractivity contribution in [2.75, 3.05) is 18.0 Å². The summed E-state index contributed by atoms with van der Waals surface area (Å²) in [6.45, 7) is 8.04. The molecule has 1 fully saturated rings. The van der Waals surface area contributed by atoms with Crippen molar-refractivity contribution in [3.8, 4) is 0 Å². The fraction of sp³-hybridized carbons (Fsp3) is 0.714. The van der Waals surface area contributed by atoms with Gasteiger partial charge in [-0.1, -0.05) is 20.8 Å². The van der Waals surface area contributed by atoms with Gasteiger partial charge in [0.15, 0.2) is 5.13 Å². The minimum absolute atomic E-state index is 0.0504. The molecule has 1 N–H and O–H groups in total. The molecule has 1 aromatic heterocycles. The molecule has 0 aromatic carbocycles. The summed E-state index contributed by atoms with van der Waals surface area (Å²) < 4.78 is 0. The largest absolute Gasteiger partial charge is 0.354 e. The van der Waals surface area contributed by atoms with Crippen molar-refractivity contribution in [3.63, 3.8) is 0 Å². The van der Waals surface area contributed by atoms with E-state index >= 15 is 0 Å². The summed E-state index contributed by atoms with van der Waals surface area (Å²) in [6.07, 6.45) is 4.74. The van der Waals surface area contributed by atoms with Crippen molar-refractivity contribution in [1.29, 1.82) is 0 Å². The van der Waals surface area contributed by atoms with Crippen LogP contribution in [0.15, 0.2) is 11.6 Å². The van der Waals surface area contributed by atoms with Crippen LogP contribution in [0.2, 0.25) is 0 Å². The maximum Gasteiger partial charge on any atom is 0.220 e. The number of aromatic nitrogens is 1. The molecule has 1 aromatic rings. The smallest absolute Gasteiger partial charge is 0.220 e. The normalized spacial score (nSPS) is 19.7. The number of carbonyl (C=O) groups excluding carboxylic acids is 1. The summed E-state index contributed by atoms with van der Waals surface area (Å²) in [5, 5.41) is 6.15. The van der Waals surface area contributed by atoms with Crippen LogP contribution in [0.4, 0.5) is 5.13 Å². The quantitative estimate of drug-likeness (QED) is 0.923. The van der Waals surface area contributed by atoms with Crippen molar-refractivity contribution in [2.45, 2.75) is 46.1 Å². The Bertz CT molecular complexity index is 411. The molecule has 1 amide bonds. The lowest BCUT2D eigenvalue weighted by Crippen LogP contribution is -2.41. The first kappa shape index (κ1) is 14.3. The van der Waals surface area contributed by atoms with E-state index in [0.717, 1.165) is 24.6 Å². The Labute approximate surface area is 119 Å². The van der Waals surface area contributed by atoms with Crippen LogP contribution in [0.5, 0.6) is 0 Å². The standard InChI is InChI=1S/C14H23N3OS/c1-14(2,3)9-12(18)16-10-11-5-4-7-17(11)13-15-6-8-19-13/h6,8,11H,4-5,7,9-10H2,1-3H3,(H,16,18)/t11-/m1/s1. The Balaban J connectivity index is 1.84. The highest BCUT2D eigenvalue weighted by Gasteiger charge is 2.27. The van der Waals surface area contributed by atoms with Crippen LogP contribution < -0.4 is 10.2 Å². The van der Waals surface area contributed by atoms with Gasteiger partial charge in [-0.25, -0.2) is 4.98 Å². The van der Waals surface area contributed by atoms with Gasteiger partial charge in [0.25, 0.3) is 0 Å².